The summed E-state index contributed by atoms with van der Waals surface area (Å²) in [6.07, 6.45) is 6.53. The van der Waals surface area contributed by atoms with Gasteiger partial charge in [-0.05, 0) is 36.8 Å². The standard InChI is InChI=1S/C19H18N6/c1-13-5-4-9-25-16(13)11-15(23-25)19-18-14(21-12-22-18)7-10-24(19)17-6-2-3-8-20-17/h2-6,8-9,11-12,19H,7,10H2,1H3,(H,21,22)/t19-/m0/s1. The molecule has 6 heteroatoms. The van der Waals surface area contributed by atoms with E-state index in [1.165, 1.54) is 11.3 Å². The lowest BCUT2D eigenvalue weighted by atomic mass is 9.99. The summed E-state index contributed by atoms with van der Waals surface area (Å²) in [5.74, 6) is 0.954. The highest BCUT2D eigenvalue weighted by Crippen LogP contribution is 2.35. The monoisotopic (exact) mass is 330 g/mol. The highest BCUT2D eigenvalue weighted by molar-refractivity contribution is 5.57. The molecule has 0 amide bonds. The summed E-state index contributed by atoms with van der Waals surface area (Å²) in [6.45, 7) is 2.99. The van der Waals surface area contributed by atoms with Crippen LogP contribution in [0.2, 0.25) is 0 Å². The third kappa shape index (κ3) is 2.21. The Morgan fingerprint density at radius 1 is 1.16 bits per heavy atom. The molecule has 0 saturated carbocycles. The fourth-order valence-corrected chi connectivity index (χ4v) is 3.66. The van der Waals surface area contributed by atoms with Crippen LogP contribution in [0.15, 0.2) is 55.1 Å². The van der Waals surface area contributed by atoms with E-state index < -0.39 is 0 Å². The first-order chi connectivity index (χ1) is 12.3. The highest BCUT2D eigenvalue weighted by Gasteiger charge is 2.33. The number of anilines is 1. The van der Waals surface area contributed by atoms with Gasteiger partial charge >= 0.3 is 0 Å². The summed E-state index contributed by atoms with van der Waals surface area (Å²) < 4.78 is 1.95. The Bertz CT molecular complexity index is 1030. The zero-order valence-corrected chi connectivity index (χ0v) is 13.9. The molecular weight excluding hydrogens is 312 g/mol. The van der Waals surface area contributed by atoms with Crippen molar-refractivity contribution in [3.63, 3.8) is 0 Å². The van der Waals surface area contributed by atoms with Crippen LogP contribution >= 0.6 is 0 Å². The molecule has 4 aromatic rings. The van der Waals surface area contributed by atoms with Crippen molar-refractivity contribution in [1.82, 2.24) is 24.6 Å². The zero-order chi connectivity index (χ0) is 16.8. The van der Waals surface area contributed by atoms with Crippen molar-refractivity contribution in [1.29, 1.82) is 0 Å². The van der Waals surface area contributed by atoms with Crippen LogP contribution in [0.4, 0.5) is 5.82 Å². The number of aromatic amines is 1. The van der Waals surface area contributed by atoms with Gasteiger partial charge in [-0.25, -0.2) is 14.5 Å². The van der Waals surface area contributed by atoms with Gasteiger partial charge in [-0.3, -0.25) is 0 Å². The Hall–Kier alpha value is -3.15. The molecule has 6 nitrogen and oxygen atoms in total. The maximum atomic E-state index is 4.84. The smallest absolute Gasteiger partial charge is 0.129 e. The molecule has 0 fully saturated rings. The number of rotatable bonds is 2. The predicted molar refractivity (Wildman–Crippen MR) is 95.6 cm³/mol. The molecule has 5 rings (SSSR count). The summed E-state index contributed by atoms with van der Waals surface area (Å²) >= 11 is 0. The third-order valence-electron chi connectivity index (χ3n) is 4.88. The Balaban J connectivity index is 1.70. The maximum absolute atomic E-state index is 4.84. The Morgan fingerprint density at radius 3 is 2.96 bits per heavy atom. The number of nitrogens with one attached hydrogen (secondary N) is 1. The van der Waals surface area contributed by atoms with E-state index in [1.54, 1.807) is 6.33 Å². The van der Waals surface area contributed by atoms with Gasteiger partial charge in [0, 0.05) is 31.1 Å². The van der Waals surface area contributed by atoms with Crippen LogP contribution in [0.25, 0.3) is 5.52 Å². The number of H-pyrrole nitrogens is 1. The minimum Gasteiger partial charge on any atom is -0.348 e. The van der Waals surface area contributed by atoms with Gasteiger partial charge in [0.05, 0.1) is 23.2 Å². The lowest BCUT2D eigenvalue weighted by molar-refractivity contribution is 0.610. The molecule has 1 atom stereocenters. The molecular formula is C19H18N6. The maximum Gasteiger partial charge on any atom is 0.129 e. The summed E-state index contributed by atoms with van der Waals surface area (Å²) in [6, 6.07) is 12.3. The van der Waals surface area contributed by atoms with Gasteiger partial charge in [0.1, 0.15) is 11.9 Å². The second-order valence-electron chi connectivity index (χ2n) is 6.39. The Kier molecular flexibility index (Phi) is 3.09. The van der Waals surface area contributed by atoms with Crippen LogP contribution in [0.1, 0.15) is 28.7 Å². The van der Waals surface area contributed by atoms with Gasteiger partial charge in [0.2, 0.25) is 0 Å². The predicted octanol–water partition coefficient (Wildman–Crippen LogP) is 2.91. The van der Waals surface area contributed by atoms with Gasteiger partial charge in [-0.1, -0.05) is 12.1 Å². The van der Waals surface area contributed by atoms with E-state index in [0.29, 0.717) is 0 Å². The second kappa shape index (κ2) is 5.44. The van der Waals surface area contributed by atoms with E-state index in [-0.39, 0.29) is 6.04 Å². The normalized spacial score (nSPS) is 17.0. The first-order valence-corrected chi connectivity index (χ1v) is 8.46. The van der Waals surface area contributed by atoms with E-state index in [4.69, 9.17) is 5.10 Å². The van der Waals surface area contributed by atoms with Crippen molar-refractivity contribution in [2.24, 2.45) is 0 Å². The van der Waals surface area contributed by atoms with Crippen LogP contribution < -0.4 is 4.90 Å². The third-order valence-corrected chi connectivity index (χ3v) is 4.88. The van der Waals surface area contributed by atoms with Gasteiger partial charge in [-0.2, -0.15) is 5.10 Å². The van der Waals surface area contributed by atoms with Crippen LogP contribution in [-0.2, 0) is 6.42 Å². The van der Waals surface area contributed by atoms with Gasteiger partial charge in [-0.15, -0.1) is 0 Å². The molecule has 0 aromatic carbocycles. The zero-order valence-electron chi connectivity index (χ0n) is 13.9. The van der Waals surface area contributed by atoms with Gasteiger partial charge in [0.25, 0.3) is 0 Å². The SMILES string of the molecule is Cc1cccn2nc([C@H]3c4nc[nH]c4CCN3c3ccccn3)cc12. The lowest BCUT2D eigenvalue weighted by Crippen LogP contribution is -2.37. The molecule has 25 heavy (non-hydrogen) atoms. The van der Waals surface area contributed by atoms with Crippen molar-refractivity contribution < 1.29 is 0 Å². The number of pyridine rings is 2. The number of nitrogens with zero attached hydrogens (tertiary/aromatic N) is 5. The van der Waals surface area contributed by atoms with Gasteiger partial charge < -0.3 is 9.88 Å². The molecule has 1 aliphatic rings. The molecule has 1 aliphatic heterocycles. The Morgan fingerprint density at radius 2 is 2.12 bits per heavy atom. The molecule has 0 radical (unpaired) electrons. The second-order valence-corrected chi connectivity index (χ2v) is 6.39. The Labute approximate surface area is 145 Å². The fourth-order valence-electron chi connectivity index (χ4n) is 3.66. The van der Waals surface area contributed by atoms with Crippen LogP contribution in [0, 0.1) is 6.92 Å². The molecule has 0 aliphatic carbocycles. The average molecular weight is 330 g/mol. The van der Waals surface area contributed by atoms with E-state index in [0.717, 1.165) is 35.7 Å². The molecule has 0 saturated heterocycles. The molecule has 0 bridgehead atoms. The van der Waals surface area contributed by atoms with Crippen molar-refractivity contribution in [2.45, 2.75) is 19.4 Å². The molecule has 124 valence electrons. The summed E-state index contributed by atoms with van der Waals surface area (Å²) in [7, 11) is 0. The minimum atomic E-state index is -0.0378. The number of aryl methyl sites for hydroxylation is 1. The number of hydrogen-bond donors (Lipinski definition) is 1. The first kappa shape index (κ1) is 14.2. The lowest BCUT2D eigenvalue weighted by Gasteiger charge is -2.34. The van der Waals surface area contributed by atoms with Crippen LogP contribution in [-0.4, -0.2) is 31.1 Å². The van der Waals surface area contributed by atoms with Crippen molar-refractivity contribution in [3.05, 3.63) is 77.8 Å². The molecule has 0 unspecified atom stereocenters. The number of imidazole rings is 1. The average Bonchev–Trinajstić information content (AvgIpc) is 3.29. The topological polar surface area (TPSA) is 62.1 Å². The van der Waals surface area contributed by atoms with E-state index in [2.05, 4.69) is 38.9 Å². The fraction of sp³-hybridized carbons (Fsp3) is 0.211. The summed E-state index contributed by atoms with van der Waals surface area (Å²) in [5.41, 5.74) is 5.56. The minimum absolute atomic E-state index is 0.0378. The molecule has 4 aromatic heterocycles. The number of fused-ring (bicyclic) bond motifs is 2. The van der Waals surface area contributed by atoms with Crippen molar-refractivity contribution >= 4 is 11.3 Å². The number of hydrogen-bond acceptors (Lipinski definition) is 4. The van der Waals surface area contributed by atoms with E-state index in [9.17, 15) is 0 Å². The molecule has 1 N–H and O–H groups in total. The van der Waals surface area contributed by atoms with Crippen LogP contribution in [0.5, 0.6) is 0 Å². The van der Waals surface area contributed by atoms with E-state index in [1.807, 2.05) is 41.2 Å². The number of aromatic nitrogens is 5. The largest absolute Gasteiger partial charge is 0.348 e. The quantitative estimate of drug-likeness (QED) is 0.614. The van der Waals surface area contributed by atoms with Gasteiger partial charge in [0.15, 0.2) is 0 Å². The van der Waals surface area contributed by atoms with Crippen LogP contribution in [0.3, 0.4) is 0 Å². The molecule has 0 spiro atoms. The summed E-state index contributed by atoms with van der Waals surface area (Å²) in [5, 5.41) is 4.84. The summed E-state index contributed by atoms with van der Waals surface area (Å²) in [4.78, 5) is 14.7. The van der Waals surface area contributed by atoms with E-state index >= 15 is 0 Å². The highest BCUT2D eigenvalue weighted by atomic mass is 15.3. The van der Waals surface area contributed by atoms with Crippen molar-refractivity contribution in [2.75, 3.05) is 11.4 Å². The first-order valence-electron chi connectivity index (χ1n) is 8.46. The molecule has 5 heterocycles. The van der Waals surface area contributed by atoms with Crippen molar-refractivity contribution in [3.8, 4) is 0 Å².